The molecule has 0 saturated carbocycles. The first kappa shape index (κ1) is 14.8. The first-order valence-electron chi connectivity index (χ1n) is 7.06. The summed E-state index contributed by atoms with van der Waals surface area (Å²) < 4.78 is 0. The molecule has 1 saturated heterocycles. The lowest BCUT2D eigenvalue weighted by molar-refractivity contribution is 0.215. The van der Waals surface area contributed by atoms with Gasteiger partial charge in [-0.1, -0.05) is 29.4 Å². The number of oxime groups is 1. The van der Waals surface area contributed by atoms with E-state index in [1.165, 1.54) is 24.9 Å². The molecule has 0 spiro atoms. The lowest BCUT2D eigenvalue weighted by atomic mass is 10.1. The number of amidine groups is 1. The van der Waals surface area contributed by atoms with E-state index in [1.54, 1.807) is 0 Å². The largest absolute Gasteiger partial charge is 0.409 e. The molecule has 5 nitrogen and oxygen atoms in total. The zero-order valence-electron chi connectivity index (χ0n) is 12.3. The molecule has 1 unspecified atom stereocenters. The molecule has 1 heterocycles. The first-order valence-corrected chi connectivity index (χ1v) is 7.06. The van der Waals surface area contributed by atoms with Gasteiger partial charge in [0.25, 0.3) is 0 Å². The molecule has 0 bridgehead atoms. The lowest BCUT2D eigenvalue weighted by Gasteiger charge is -2.25. The van der Waals surface area contributed by atoms with Crippen LogP contribution in [0.2, 0.25) is 0 Å². The molecule has 1 aliphatic rings. The highest BCUT2D eigenvalue weighted by molar-refractivity contribution is 5.96. The van der Waals surface area contributed by atoms with Gasteiger partial charge in [0.15, 0.2) is 5.84 Å². The predicted octanol–water partition coefficient (Wildman–Crippen LogP) is 1.31. The Morgan fingerprint density at radius 3 is 2.70 bits per heavy atom. The Morgan fingerprint density at radius 2 is 2.15 bits per heavy atom. The standard InChI is InChI=1S/C15H24N4O/c1-18(11-14-4-3-9-19(14)2)10-12-5-7-13(8-6-12)15(16)17-20/h5-8,14,20H,3-4,9-11H2,1-2H3,(H2,16,17). The van der Waals surface area contributed by atoms with Gasteiger partial charge in [0, 0.05) is 24.7 Å². The first-order chi connectivity index (χ1) is 9.60. The fraction of sp³-hybridized carbons (Fsp3) is 0.533. The second-order valence-corrected chi connectivity index (χ2v) is 5.66. The van der Waals surface area contributed by atoms with Crippen LogP contribution in [0.3, 0.4) is 0 Å². The smallest absolute Gasteiger partial charge is 0.170 e. The van der Waals surface area contributed by atoms with Crippen molar-refractivity contribution in [3.8, 4) is 0 Å². The van der Waals surface area contributed by atoms with E-state index >= 15 is 0 Å². The minimum absolute atomic E-state index is 0.150. The van der Waals surface area contributed by atoms with E-state index in [-0.39, 0.29) is 5.84 Å². The fourth-order valence-electron chi connectivity index (χ4n) is 2.78. The van der Waals surface area contributed by atoms with Crippen LogP contribution in [-0.4, -0.2) is 54.1 Å². The van der Waals surface area contributed by atoms with Crippen LogP contribution < -0.4 is 5.73 Å². The number of rotatable bonds is 5. The monoisotopic (exact) mass is 276 g/mol. The summed E-state index contributed by atoms with van der Waals surface area (Å²) in [5, 5.41) is 11.6. The van der Waals surface area contributed by atoms with Crippen molar-refractivity contribution in [1.82, 2.24) is 9.80 Å². The average Bonchev–Trinajstić information content (AvgIpc) is 2.84. The zero-order chi connectivity index (χ0) is 14.5. The maximum Gasteiger partial charge on any atom is 0.170 e. The fourth-order valence-corrected chi connectivity index (χ4v) is 2.78. The molecule has 20 heavy (non-hydrogen) atoms. The molecule has 1 aromatic carbocycles. The topological polar surface area (TPSA) is 65.1 Å². The van der Waals surface area contributed by atoms with Gasteiger partial charge in [0.05, 0.1) is 0 Å². The summed E-state index contributed by atoms with van der Waals surface area (Å²) in [5.74, 6) is 0.150. The summed E-state index contributed by atoms with van der Waals surface area (Å²) in [6, 6.07) is 8.51. The van der Waals surface area contributed by atoms with Crippen LogP contribution in [0.25, 0.3) is 0 Å². The van der Waals surface area contributed by atoms with E-state index in [1.807, 2.05) is 24.3 Å². The maximum atomic E-state index is 8.64. The third-order valence-corrected chi connectivity index (χ3v) is 4.00. The highest BCUT2D eigenvalue weighted by atomic mass is 16.4. The normalized spacial score (nSPS) is 20.8. The Labute approximate surface area is 120 Å². The molecule has 0 aliphatic carbocycles. The maximum absolute atomic E-state index is 8.64. The number of hydrogen-bond donors (Lipinski definition) is 2. The quantitative estimate of drug-likeness (QED) is 0.368. The van der Waals surface area contributed by atoms with Gasteiger partial charge in [-0.25, -0.2) is 0 Å². The van der Waals surface area contributed by atoms with E-state index in [4.69, 9.17) is 10.9 Å². The van der Waals surface area contributed by atoms with Gasteiger partial charge in [-0.05, 0) is 39.0 Å². The number of nitrogens with zero attached hydrogens (tertiary/aromatic N) is 3. The van der Waals surface area contributed by atoms with E-state index in [9.17, 15) is 0 Å². The van der Waals surface area contributed by atoms with Crippen molar-refractivity contribution in [2.75, 3.05) is 27.2 Å². The molecule has 0 amide bonds. The molecule has 1 aromatic rings. The van der Waals surface area contributed by atoms with Crippen LogP contribution in [0.4, 0.5) is 0 Å². The van der Waals surface area contributed by atoms with Gasteiger partial charge >= 0.3 is 0 Å². The summed E-state index contributed by atoms with van der Waals surface area (Å²) in [4.78, 5) is 4.79. The highest BCUT2D eigenvalue weighted by Gasteiger charge is 2.21. The van der Waals surface area contributed by atoms with Crippen LogP contribution in [-0.2, 0) is 6.54 Å². The molecule has 1 fully saturated rings. The molecule has 0 aromatic heterocycles. The van der Waals surface area contributed by atoms with Crippen molar-refractivity contribution in [1.29, 1.82) is 0 Å². The molecule has 3 N–H and O–H groups in total. The van der Waals surface area contributed by atoms with Gasteiger partial charge in [0.2, 0.25) is 0 Å². The Balaban J connectivity index is 1.89. The minimum atomic E-state index is 0.150. The van der Waals surface area contributed by atoms with Gasteiger partial charge in [-0.3, -0.25) is 0 Å². The molecule has 110 valence electrons. The summed E-state index contributed by atoms with van der Waals surface area (Å²) in [6.07, 6.45) is 2.60. The molecule has 1 atom stereocenters. The molecule has 5 heteroatoms. The second kappa shape index (κ2) is 6.72. The molecule has 2 rings (SSSR count). The second-order valence-electron chi connectivity index (χ2n) is 5.66. The minimum Gasteiger partial charge on any atom is -0.409 e. The van der Waals surface area contributed by atoms with Crippen molar-refractivity contribution in [3.63, 3.8) is 0 Å². The highest BCUT2D eigenvalue weighted by Crippen LogP contribution is 2.16. The Kier molecular flexibility index (Phi) is 4.98. The molecule has 0 radical (unpaired) electrons. The van der Waals surface area contributed by atoms with E-state index in [2.05, 4.69) is 29.1 Å². The average molecular weight is 276 g/mol. The van der Waals surface area contributed by atoms with Crippen LogP contribution in [0, 0.1) is 0 Å². The van der Waals surface area contributed by atoms with Gasteiger partial charge in [-0.15, -0.1) is 0 Å². The van der Waals surface area contributed by atoms with Crippen molar-refractivity contribution in [2.45, 2.75) is 25.4 Å². The van der Waals surface area contributed by atoms with Crippen LogP contribution in [0.5, 0.6) is 0 Å². The Morgan fingerprint density at radius 1 is 1.45 bits per heavy atom. The summed E-state index contributed by atoms with van der Waals surface area (Å²) in [6.45, 7) is 3.23. The SMILES string of the molecule is CN(Cc1ccc(C(N)=NO)cc1)CC1CCCN1C. The Bertz CT molecular complexity index is 457. The van der Waals surface area contributed by atoms with E-state index in [0.29, 0.717) is 6.04 Å². The summed E-state index contributed by atoms with van der Waals surface area (Å²) in [7, 11) is 4.36. The number of nitrogens with two attached hydrogens (primary N) is 1. The molecular weight excluding hydrogens is 252 g/mol. The van der Waals surface area contributed by atoms with E-state index in [0.717, 1.165) is 18.7 Å². The van der Waals surface area contributed by atoms with E-state index < -0.39 is 0 Å². The number of likely N-dealkylation sites (N-methyl/N-ethyl adjacent to an activating group) is 2. The zero-order valence-corrected chi connectivity index (χ0v) is 12.3. The van der Waals surface area contributed by atoms with Crippen molar-refractivity contribution in [3.05, 3.63) is 35.4 Å². The third-order valence-electron chi connectivity index (χ3n) is 4.00. The molecule has 1 aliphatic heterocycles. The van der Waals surface area contributed by atoms with Crippen molar-refractivity contribution in [2.24, 2.45) is 10.9 Å². The third kappa shape index (κ3) is 3.71. The van der Waals surface area contributed by atoms with Crippen LogP contribution in [0.15, 0.2) is 29.4 Å². The Hall–Kier alpha value is -1.59. The predicted molar refractivity (Wildman–Crippen MR) is 80.9 cm³/mol. The van der Waals surface area contributed by atoms with Crippen LogP contribution >= 0.6 is 0 Å². The van der Waals surface area contributed by atoms with Gasteiger partial charge in [-0.2, -0.15) is 0 Å². The summed E-state index contributed by atoms with van der Waals surface area (Å²) in [5.41, 5.74) is 7.54. The van der Waals surface area contributed by atoms with Crippen molar-refractivity contribution < 1.29 is 5.21 Å². The van der Waals surface area contributed by atoms with Crippen molar-refractivity contribution >= 4 is 5.84 Å². The van der Waals surface area contributed by atoms with Gasteiger partial charge in [0.1, 0.15) is 0 Å². The number of benzene rings is 1. The lowest BCUT2D eigenvalue weighted by Crippen LogP contribution is -2.36. The molecular formula is C15H24N4O. The number of likely N-dealkylation sites (tertiary alicyclic amines) is 1. The van der Waals surface area contributed by atoms with Gasteiger partial charge < -0.3 is 20.7 Å². The summed E-state index contributed by atoms with van der Waals surface area (Å²) >= 11 is 0. The number of hydrogen-bond acceptors (Lipinski definition) is 4. The van der Waals surface area contributed by atoms with Crippen LogP contribution in [0.1, 0.15) is 24.0 Å².